The van der Waals surface area contributed by atoms with Crippen molar-refractivity contribution in [2.45, 2.75) is 25.1 Å². The predicted octanol–water partition coefficient (Wildman–Crippen LogP) is -0.246. The Hall–Kier alpha value is -1.79. The molecule has 0 aromatic heterocycles. The van der Waals surface area contributed by atoms with Crippen molar-refractivity contribution in [3.8, 4) is 11.5 Å². The van der Waals surface area contributed by atoms with E-state index < -0.39 is 6.10 Å². The highest BCUT2D eigenvalue weighted by Gasteiger charge is 2.27. The average molecular weight is 264 g/mol. The zero-order valence-corrected chi connectivity index (χ0v) is 10.4. The number of benzene rings is 1. The second-order valence-electron chi connectivity index (χ2n) is 4.76. The van der Waals surface area contributed by atoms with E-state index in [2.05, 4.69) is 10.6 Å². The lowest BCUT2D eigenvalue weighted by molar-refractivity contribution is -0.123. The highest BCUT2D eigenvalue weighted by atomic mass is 16.7. The fourth-order valence-electron chi connectivity index (χ4n) is 2.28. The first-order valence-electron chi connectivity index (χ1n) is 6.30. The van der Waals surface area contributed by atoms with E-state index >= 15 is 0 Å². The van der Waals surface area contributed by atoms with Gasteiger partial charge in [0.15, 0.2) is 11.5 Å². The summed E-state index contributed by atoms with van der Waals surface area (Å²) >= 11 is 0. The lowest BCUT2D eigenvalue weighted by atomic mass is 10.1. The number of hydrogen-bond acceptors (Lipinski definition) is 5. The van der Waals surface area contributed by atoms with Crippen molar-refractivity contribution in [3.05, 3.63) is 23.8 Å². The largest absolute Gasteiger partial charge is 0.454 e. The molecule has 2 heterocycles. The molecule has 0 aliphatic carbocycles. The summed E-state index contributed by atoms with van der Waals surface area (Å²) in [6, 6.07) is 5.29. The summed E-state index contributed by atoms with van der Waals surface area (Å²) in [5, 5.41) is 15.2. The van der Waals surface area contributed by atoms with E-state index in [4.69, 9.17) is 9.47 Å². The monoisotopic (exact) mass is 264 g/mol. The van der Waals surface area contributed by atoms with Crippen LogP contribution in [0.2, 0.25) is 0 Å². The Kier molecular flexibility index (Phi) is 3.27. The molecular weight excluding hydrogens is 248 g/mol. The lowest BCUT2D eigenvalue weighted by Crippen LogP contribution is -2.39. The Morgan fingerprint density at radius 1 is 1.42 bits per heavy atom. The number of ether oxygens (including phenoxy) is 2. The van der Waals surface area contributed by atoms with Gasteiger partial charge in [-0.25, -0.2) is 0 Å². The molecule has 2 atom stereocenters. The third-order valence-corrected chi connectivity index (χ3v) is 3.33. The fraction of sp³-hybridized carbons (Fsp3) is 0.462. The minimum absolute atomic E-state index is 0.0887. The zero-order valence-electron chi connectivity index (χ0n) is 10.4. The Labute approximate surface area is 110 Å². The van der Waals surface area contributed by atoms with E-state index in [1.165, 1.54) is 0 Å². The quantitative estimate of drug-likeness (QED) is 0.702. The Bertz CT molecular complexity index is 492. The Balaban J connectivity index is 1.56. The highest BCUT2D eigenvalue weighted by molar-refractivity contribution is 5.82. The van der Waals surface area contributed by atoms with E-state index in [9.17, 15) is 9.90 Å². The maximum atomic E-state index is 11.9. The first kappa shape index (κ1) is 12.3. The van der Waals surface area contributed by atoms with Crippen molar-refractivity contribution in [2.75, 3.05) is 13.3 Å². The lowest BCUT2D eigenvalue weighted by Gasteiger charge is -2.11. The van der Waals surface area contributed by atoms with Gasteiger partial charge in [0.1, 0.15) is 0 Å². The summed E-state index contributed by atoms with van der Waals surface area (Å²) in [5.74, 6) is 1.35. The molecule has 2 aliphatic rings. The van der Waals surface area contributed by atoms with Crippen LogP contribution in [0.5, 0.6) is 11.5 Å². The van der Waals surface area contributed by atoms with Gasteiger partial charge in [-0.05, 0) is 24.1 Å². The van der Waals surface area contributed by atoms with E-state index in [1.807, 2.05) is 18.2 Å². The molecular formula is C13H16N2O4. The number of rotatable bonds is 3. The van der Waals surface area contributed by atoms with Crippen molar-refractivity contribution in [1.82, 2.24) is 10.6 Å². The summed E-state index contributed by atoms with van der Waals surface area (Å²) in [6.07, 6.45) is 0.0359. The number of amides is 1. The van der Waals surface area contributed by atoms with Crippen LogP contribution in [-0.4, -0.2) is 36.5 Å². The van der Waals surface area contributed by atoms with Crippen LogP contribution in [0.3, 0.4) is 0 Å². The average Bonchev–Trinajstić information content (AvgIpc) is 3.03. The van der Waals surface area contributed by atoms with Gasteiger partial charge in [0.2, 0.25) is 12.7 Å². The first-order valence-corrected chi connectivity index (χ1v) is 6.30. The summed E-state index contributed by atoms with van der Waals surface area (Å²) in [5.41, 5.74) is 0.955. The van der Waals surface area contributed by atoms with Crippen LogP contribution >= 0.6 is 0 Å². The van der Waals surface area contributed by atoms with Gasteiger partial charge in [-0.2, -0.15) is 0 Å². The minimum Gasteiger partial charge on any atom is -0.454 e. The molecule has 6 heteroatoms. The number of aliphatic hydroxyl groups is 1. The molecule has 0 bridgehead atoms. The van der Waals surface area contributed by atoms with Gasteiger partial charge in [0.25, 0.3) is 0 Å². The van der Waals surface area contributed by atoms with Crippen molar-refractivity contribution in [3.63, 3.8) is 0 Å². The van der Waals surface area contributed by atoms with Crippen LogP contribution in [-0.2, 0) is 11.3 Å². The minimum atomic E-state index is -0.429. The molecule has 2 aliphatic heterocycles. The van der Waals surface area contributed by atoms with Gasteiger partial charge in [0, 0.05) is 13.1 Å². The number of carbonyl (C=O) groups excluding carboxylic acids is 1. The maximum Gasteiger partial charge on any atom is 0.237 e. The van der Waals surface area contributed by atoms with Crippen LogP contribution in [0.1, 0.15) is 12.0 Å². The zero-order chi connectivity index (χ0) is 13.2. The second kappa shape index (κ2) is 5.07. The standard InChI is InChI=1S/C13H16N2O4/c16-9-4-10(14-6-9)13(17)15-5-8-1-2-11-12(3-8)19-7-18-11/h1-3,9-10,14,16H,4-7H2,(H,15,17)/t9-,10-/m0/s1. The van der Waals surface area contributed by atoms with Crippen LogP contribution in [0.4, 0.5) is 0 Å². The molecule has 19 heavy (non-hydrogen) atoms. The van der Waals surface area contributed by atoms with Crippen LogP contribution in [0.25, 0.3) is 0 Å². The molecule has 1 fully saturated rings. The first-order chi connectivity index (χ1) is 9.22. The summed E-state index contributed by atoms with van der Waals surface area (Å²) < 4.78 is 10.5. The van der Waals surface area contributed by atoms with Crippen molar-refractivity contribution < 1.29 is 19.4 Å². The molecule has 6 nitrogen and oxygen atoms in total. The Morgan fingerprint density at radius 2 is 2.26 bits per heavy atom. The molecule has 0 saturated carbocycles. The molecule has 1 aromatic carbocycles. The van der Waals surface area contributed by atoms with E-state index in [0.717, 1.165) is 11.3 Å². The fourth-order valence-corrected chi connectivity index (χ4v) is 2.28. The third kappa shape index (κ3) is 2.64. The predicted molar refractivity (Wildman–Crippen MR) is 66.8 cm³/mol. The highest BCUT2D eigenvalue weighted by Crippen LogP contribution is 2.32. The van der Waals surface area contributed by atoms with Gasteiger partial charge in [-0.3, -0.25) is 4.79 Å². The SMILES string of the molecule is O=C(NCc1ccc2c(c1)OCO2)[C@@H]1C[C@H](O)CN1. The van der Waals surface area contributed by atoms with Gasteiger partial charge in [-0.1, -0.05) is 6.07 Å². The number of hydrogen-bond donors (Lipinski definition) is 3. The summed E-state index contributed by atoms with van der Waals surface area (Å²) in [7, 11) is 0. The molecule has 3 N–H and O–H groups in total. The molecule has 1 saturated heterocycles. The van der Waals surface area contributed by atoms with E-state index in [0.29, 0.717) is 25.3 Å². The van der Waals surface area contributed by atoms with E-state index in [1.54, 1.807) is 0 Å². The van der Waals surface area contributed by atoms with Gasteiger partial charge in [-0.15, -0.1) is 0 Å². The molecule has 0 radical (unpaired) electrons. The molecule has 1 aromatic rings. The van der Waals surface area contributed by atoms with Crippen LogP contribution < -0.4 is 20.1 Å². The molecule has 3 rings (SSSR count). The van der Waals surface area contributed by atoms with Crippen molar-refractivity contribution in [1.29, 1.82) is 0 Å². The number of carbonyl (C=O) groups is 1. The van der Waals surface area contributed by atoms with Crippen molar-refractivity contribution >= 4 is 5.91 Å². The smallest absolute Gasteiger partial charge is 0.237 e. The molecule has 1 amide bonds. The second-order valence-corrected chi connectivity index (χ2v) is 4.76. The number of fused-ring (bicyclic) bond motifs is 1. The topological polar surface area (TPSA) is 79.8 Å². The number of nitrogens with one attached hydrogen (secondary N) is 2. The van der Waals surface area contributed by atoms with Crippen LogP contribution in [0.15, 0.2) is 18.2 Å². The van der Waals surface area contributed by atoms with E-state index in [-0.39, 0.29) is 18.7 Å². The maximum absolute atomic E-state index is 11.9. The molecule has 102 valence electrons. The van der Waals surface area contributed by atoms with Gasteiger partial charge >= 0.3 is 0 Å². The van der Waals surface area contributed by atoms with Crippen LogP contribution in [0, 0.1) is 0 Å². The number of β-amino-alcohol motifs (C(OH)–C–C–N with tert-alkyl or cyclic N) is 1. The Morgan fingerprint density at radius 3 is 3.05 bits per heavy atom. The molecule has 0 spiro atoms. The molecule has 0 unspecified atom stereocenters. The third-order valence-electron chi connectivity index (χ3n) is 3.33. The van der Waals surface area contributed by atoms with Gasteiger partial charge < -0.3 is 25.2 Å². The summed E-state index contributed by atoms with van der Waals surface area (Å²) in [4.78, 5) is 11.9. The van der Waals surface area contributed by atoms with Crippen molar-refractivity contribution in [2.24, 2.45) is 0 Å². The summed E-state index contributed by atoms with van der Waals surface area (Å²) in [6.45, 7) is 1.15. The number of aliphatic hydroxyl groups excluding tert-OH is 1. The normalized spacial score (nSPS) is 24.5. The van der Waals surface area contributed by atoms with Gasteiger partial charge in [0.05, 0.1) is 12.1 Å².